The highest BCUT2D eigenvalue weighted by Gasteiger charge is 2.11. The summed E-state index contributed by atoms with van der Waals surface area (Å²) in [5.74, 6) is -0.957. The molecule has 1 heterocycles. The molecule has 0 aliphatic rings. The number of nitrogens with zero attached hydrogens (tertiary/aromatic N) is 1. The molecule has 0 spiro atoms. The van der Waals surface area contributed by atoms with E-state index in [1.54, 1.807) is 18.3 Å². The van der Waals surface area contributed by atoms with Gasteiger partial charge in [-0.3, -0.25) is 4.98 Å². The topological polar surface area (TPSA) is 50.2 Å². The molecule has 3 nitrogen and oxygen atoms in total. The Kier molecular flexibility index (Phi) is 4.03. The molecule has 2 rings (SSSR count). The van der Waals surface area contributed by atoms with Gasteiger partial charge in [0.05, 0.1) is 11.3 Å². The lowest BCUT2D eigenvalue weighted by molar-refractivity contribution is 0.0697. The fraction of sp³-hybridized carbons (Fsp3) is 0. The van der Waals surface area contributed by atoms with Gasteiger partial charge in [0.1, 0.15) is 0 Å². The number of aromatic nitrogens is 1. The van der Waals surface area contributed by atoms with E-state index < -0.39 is 5.97 Å². The summed E-state index contributed by atoms with van der Waals surface area (Å²) in [4.78, 5) is 15.0. The van der Waals surface area contributed by atoms with Crippen molar-refractivity contribution < 1.29 is 9.90 Å². The van der Waals surface area contributed by atoms with Gasteiger partial charge in [-0.1, -0.05) is 30.3 Å². The molecular weight excluding hydrogens is 226 g/mol. The van der Waals surface area contributed by atoms with E-state index in [-0.39, 0.29) is 18.0 Å². The Hall–Kier alpha value is -1.87. The standard InChI is InChI=1S/C12H9NO2.ClH/c14-12(15)10-7-4-8-13-11(10)9-5-2-1-3-6-9;/h1-8H,(H,14,15);1H. The van der Waals surface area contributed by atoms with Gasteiger partial charge in [-0.05, 0) is 12.1 Å². The molecule has 0 atom stereocenters. The molecule has 0 amide bonds. The zero-order valence-corrected chi connectivity index (χ0v) is 9.15. The molecule has 0 aliphatic heterocycles. The lowest BCUT2D eigenvalue weighted by atomic mass is 10.1. The van der Waals surface area contributed by atoms with Crippen molar-refractivity contribution in [1.82, 2.24) is 4.98 Å². The second-order valence-corrected chi connectivity index (χ2v) is 3.07. The second kappa shape index (κ2) is 5.28. The maximum atomic E-state index is 11.0. The summed E-state index contributed by atoms with van der Waals surface area (Å²) < 4.78 is 0. The Bertz CT molecular complexity index is 485. The van der Waals surface area contributed by atoms with Crippen LogP contribution in [0.1, 0.15) is 10.4 Å². The van der Waals surface area contributed by atoms with E-state index in [0.717, 1.165) is 5.56 Å². The van der Waals surface area contributed by atoms with Crippen molar-refractivity contribution in [3.63, 3.8) is 0 Å². The molecule has 1 N–H and O–H groups in total. The molecule has 82 valence electrons. The number of carboxylic acids is 1. The van der Waals surface area contributed by atoms with E-state index in [2.05, 4.69) is 4.98 Å². The normalized spacial score (nSPS) is 9.25. The molecular formula is C12H10ClNO2. The predicted octanol–water partition coefficient (Wildman–Crippen LogP) is 2.87. The van der Waals surface area contributed by atoms with E-state index in [1.165, 1.54) is 0 Å². The summed E-state index contributed by atoms with van der Waals surface area (Å²) in [7, 11) is 0. The van der Waals surface area contributed by atoms with Crippen LogP contribution in [0, 0.1) is 0 Å². The lowest BCUT2D eigenvalue weighted by Crippen LogP contribution is -2.00. The number of hydrogen-bond acceptors (Lipinski definition) is 2. The molecule has 1 aromatic heterocycles. The van der Waals surface area contributed by atoms with Gasteiger partial charge < -0.3 is 5.11 Å². The minimum Gasteiger partial charge on any atom is -0.478 e. The number of pyridine rings is 1. The van der Waals surface area contributed by atoms with Gasteiger partial charge in [0.15, 0.2) is 0 Å². The summed E-state index contributed by atoms with van der Waals surface area (Å²) in [5, 5.41) is 8.99. The zero-order valence-electron chi connectivity index (χ0n) is 8.33. The van der Waals surface area contributed by atoms with Crippen LogP contribution in [0.5, 0.6) is 0 Å². The van der Waals surface area contributed by atoms with Crippen molar-refractivity contribution in [2.45, 2.75) is 0 Å². The third-order valence-electron chi connectivity index (χ3n) is 2.09. The number of carbonyl (C=O) groups is 1. The molecule has 0 aliphatic carbocycles. The van der Waals surface area contributed by atoms with Crippen LogP contribution in [-0.4, -0.2) is 16.1 Å². The first-order valence-corrected chi connectivity index (χ1v) is 4.53. The van der Waals surface area contributed by atoms with Crippen LogP contribution in [0.15, 0.2) is 48.7 Å². The van der Waals surface area contributed by atoms with Crippen molar-refractivity contribution in [2.75, 3.05) is 0 Å². The quantitative estimate of drug-likeness (QED) is 0.871. The first-order valence-electron chi connectivity index (χ1n) is 4.53. The monoisotopic (exact) mass is 235 g/mol. The molecule has 0 saturated heterocycles. The highest BCUT2D eigenvalue weighted by Crippen LogP contribution is 2.20. The highest BCUT2D eigenvalue weighted by molar-refractivity contribution is 5.94. The van der Waals surface area contributed by atoms with Crippen molar-refractivity contribution in [3.8, 4) is 11.3 Å². The van der Waals surface area contributed by atoms with Crippen molar-refractivity contribution in [1.29, 1.82) is 0 Å². The number of halogens is 1. The van der Waals surface area contributed by atoms with Crippen LogP contribution in [-0.2, 0) is 0 Å². The molecule has 0 unspecified atom stereocenters. The summed E-state index contributed by atoms with van der Waals surface area (Å²) in [6, 6.07) is 12.5. The Morgan fingerprint density at radius 2 is 1.75 bits per heavy atom. The van der Waals surface area contributed by atoms with E-state index in [4.69, 9.17) is 5.11 Å². The fourth-order valence-electron chi connectivity index (χ4n) is 1.40. The third-order valence-corrected chi connectivity index (χ3v) is 2.09. The third kappa shape index (κ3) is 2.38. The Labute approximate surface area is 99.2 Å². The largest absolute Gasteiger partial charge is 0.478 e. The first kappa shape index (κ1) is 12.2. The highest BCUT2D eigenvalue weighted by atomic mass is 35.5. The van der Waals surface area contributed by atoms with E-state index in [1.807, 2.05) is 30.3 Å². The number of hydrogen-bond donors (Lipinski definition) is 1. The number of carboxylic acid groups (broad SMARTS) is 1. The minimum atomic E-state index is -0.957. The molecule has 0 fully saturated rings. The SMILES string of the molecule is Cl.O=C(O)c1cccnc1-c1ccccc1. The van der Waals surface area contributed by atoms with Crippen LogP contribution < -0.4 is 0 Å². The van der Waals surface area contributed by atoms with Gasteiger partial charge in [-0.25, -0.2) is 4.79 Å². The van der Waals surface area contributed by atoms with Gasteiger partial charge in [0, 0.05) is 11.8 Å². The molecule has 0 saturated carbocycles. The predicted molar refractivity (Wildman–Crippen MR) is 63.9 cm³/mol. The van der Waals surface area contributed by atoms with Gasteiger partial charge in [-0.15, -0.1) is 12.4 Å². The number of aromatic carboxylic acids is 1. The molecule has 4 heteroatoms. The maximum Gasteiger partial charge on any atom is 0.337 e. The summed E-state index contributed by atoms with van der Waals surface area (Å²) >= 11 is 0. The lowest BCUT2D eigenvalue weighted by Gasteiger charge is -2.03. The Balaban J connectivity index is 0.00000128. The molecule has 2 aromatic rings. The zero-order chi connectivity index (χ0) is 10.7. The molecule has 16 heavy (non-hydrogen) atoms. The summed E-state index contributed by atoms with van der Waals surface area (Å²) in [5.41, 5.74) is 1.55. The minimum absolute atomic E-state index is 0. The van der Waals surface area contributed by atoms with Crippen LogP contribution in [0.2, 0.25) is 0 Å². The van der Waals surface area contributed by atoms with Gasteiger partial charge in [0.2, 0.25) is 0 Å². The van der Waals surface area contributed by atoms with Crippen LogP contribution in [0.3, 0.4) is 0 Å². The maximum absolute atomic E-state index is 11.0. The second-order valence-electron chi connectivity index (χ2n) is 3.07. The Morgan fingerprint density at radius 1 is 1.06 bits per heavy atom. The van der Waals surface area contributed by atoms with E-state index in [0.29, 0.717) is 5.69 Å². The number of benzene rings is 1. The summed E-state index contributed by atoms with van der Waals surface area (Å²) in [6.07, 6.45) is 1.59. The van der Waals surface area contributed by atoms with Crippen molar-refractivity contribution >= 4 is 18.4 Å². The smallest absolute Gasteiger partial charge is 0.337 e. The van der Waals surface area contributed by atoms with Gasteiger partial charge >= 0.3 is 5.97 Å². The van der Waals surface area contributed by atoms with Crippen molar-refractivity contribution in [3.05, 3.63) is 54.2 Å². The average molecular weight is 236 g/mol. The fourth-order valence-corrected chi connectivity index (χ4v) is 1.40. The van der Waals surface area contributed by atoms with Crippen LogP contribution >= 0.6 is 12.4 Å². The van der Waals surface area contributed by atoms with Gasteiger partial charge in [-0.2, -0.15) is 0 Å². The van der Waals surface area contributed by atoms with Crippen LogP contribution in [0.4, 0.5) is 0 Å². The molecule has 0 bridgehead atoms. The molecule has 0 radical (unpaired) electrons. The van der Waals surface area contributed by atoms with Gasteiger partial charge in [0.25, 0.3) is 0 Å². The first-order chi connectivity index (χ1) is 7.29. The molecule has 1 aromatic carbocycles. The Morgan fingerprint density at radius 3 is 2.38 bits per heavy atom. The van der Waals surface area contributed by atoms with E-state index in [9.17, 15) is 4.79 Å². The average Bonchev–Trinajstić information content (AvgIpc) is 2.30. The number of rotatable bonds is 2. The van der Waals surface area contributed by atoms with E-state index >= 15 is 0 Å². The van der Waals surface area contributed by atoms with Crippen LogP contribution in [0.25, 0.3) is 11.3 Å². The summed E-state index contributed by atoms with van der Waals surface area (Å²) in [6.45, 7) is 0. The van der Waals surface area contributed by atoms with Crippen molar-refractivity contribution in [2.24, 2.45) is 0 Å².